The van der Waals surface area contributed by atoms with Crippen molar-refractivity contribution in [2.75, 3.05) is 0 Å². The van der Waals surface area contributed by atoms with E-state index in [9.17, 15) is 5.26 Å². The van der Waals surface area contributed by atoms with Gasteiger partial charge in [-0.3, -0.25) is 0 Å². The van der Waals surface area contributed by atoms with Crippen LogP contribution in [-0.4, -0.2) is 19.1 Å². The molecule has 0 saturated carbocycles. The van der Waals surface area contributed by atoms with Crippen LogP contribution < -0.4 is 0 Å². The second kappa shape index (κ2) is 7.92. The molecule has 0 fully saturated rings. The molecule has 0 saturated heterocycles. The summed E-state index contributed by atoms with van der Waals surface area (Å²) in [5.41, 5.74) is 7.01. The minimum Gasteiger partial charge on any atom is -0.308 e. The first-order valence-corrected chi connectivity index (χ1v) is 10.1. The number of rotatable bonds is 6. The molecule has 4 rings (SSSR count). The van der Waals surface area contributed by atoms with E-state index in [2.05, 4.69) is 53.7 Å². The Morgan fingerprint density at radius 3 is 2.55 bits per heavy atom. The van der Waals surface area contributed by atoms with Crippen molar-refractivity contribution < 1.29 is 0 Å². The highest BCUT2D eigenvalue weighted by atomic mass is 15.1. The molecule has 5 nitrogen and oxygen atoms in total. The first kappa shape index (κ1) is 18.9. The maximum absolute atomic E-state index is 9.36. The summed E-state index contributed by atoms with van der Waals surface area (Å²) in [4.78, 5) is 9.52. The third-order valence-electron chi connectivity index (χ3n) is 5.39. The van der Waals surface area contributed by atoms with E-state index in [4.69, 9.17) is 4.98 Å². The Morgan fingerprint density at radius 2 is 1.83 bits per heavy atom. The smallest absolute Gasteiger partial charge is 0.160 e. The molecular weight excluding hydrogens is 358 g/mol. The molecule has 0 aliphatic heterocycles. The van der Waals surface area contributed by atoms with Crippen molar-refractivity contribution >= 4 is 11.2 Å². The first-order chi connectivity index (χ1) is 14.1. The fraction of sp³-hybridized carbons (Fsp3) is 0.292. The van der Waals surface area contributed by atoms with E-state index >= 15 is 0 Å². The van der Waals surface area contributed by atoms with Crippen molar-refractivity contribution in [3.63, 3.8) is 0 Å². The third kappa shape index (κ3) is 3.54. The van der Waals surface area contributed by atoms with Gasteiger partial charge in [0.2, 0.25) is 0 Å². The topological polar surface area (TPSA) is 59.4 Å². The lowest BCUT2D eigenvalue weighted by Gasteiger charge is -2.11. The van der Waals surface area contributed by atoms with Crippen molar-refractivity contribution in [3.05, 3.63) is 77.0 Å². The summed E-state index contributed by atoms with van der Waals surface area (Å²) in [5, 5.41) is 9.36. The number of benzene rings is 1. The Bertz CT molecular complexity index is 1190. The van der Waals surface area contributed by atoms with Gasteiger partial charge in [0.15, 0.2) is 5.65 Å². The van der Waals surface area contributed by atoms with Gasteiger partial charge < -0.3 is 9.13 Å². The van der Waals surface area contributed by atoms with E-state index in [1.54, 1.807) is 0 Å². The summed E-state index contributed by atoms with van der Waals surface area (Å²) in [7, 11) is 0. The molecule has 0 atom stereocenters. The lowest BCUT2D eigenvalue weighted by molar-refractivity contribution is 0.686. The molecule has 0 spiro atoms. The van der Waals surface area contributed by atoms with Gasteiger partial charge in [0.1, 0.15) is 23.1 Å². The Balaban J connectivity index is 1.69. The van der Waals surface area contributed by atoms with Gasteiger partial charge in [-0.05, 0) is 61.7 Å². The van der Waals surface area contributed by atoms with Crippen LogP contribution in [0, 0.1) is 25.2 Å². The van der Waals surface area contributed by atoms with Gasteiger partial charge in [-0.25, -0.2) is 9.97 Å². The summed E-state index contributed by atoms with van der Waals surface area (Å²) < 4.78 is 4.22. The summed E-state index contributed by atoms with van der Waals surface area (Å²) >= 11 is 0. The monoisotopic (exact) mass is 383 g/mol. The van der Waals surface area contributed by atoms with E-state index in [0.29, 0.717) is 5.69 Å². The minimum atomic E-state index is 0.650. The van der Waals surface area contributed by atoms with Crippen LogP contribution in [0.4, 0.5) is 0 Å². The van der Waals surface area contributed by atoms with E-state index in [1.165, 1.54) is 5.56 Å². The molecule has 0 aliphatic carbocycles. The predicted octanol–water partition coefficient (Wildman–Crippen LogP) is 5.10. The van der Waals surface area contributed by atoms with Crippen molar-refractivity contribution in [1.82, 2.24) is 19.1 Å². The lowest BCUT2D eigenvalue weighted by Crippen LogP contribution is -2.07. The highest BCUT2D eigenvalue weighted by molar-refractivity contribution is 5.75. The molecule has 3 heterocycles. The molecule has 29 heavy (non-hydrogen) atoms. The van der Waals surface area contributed by atoms with Gasteiger partial charge in [-0.1, -0.05) is 25.5 Å². The molecule has 1 aromatic carbocycles. The second-order valence-electron chi connectivity index (χ2n) is 7.49. The molecule has 0 amide bonds. The number of hydrogen-bond acceptors (Lipinski definition) is 3. The molecule has 5 heteroatoms. The predicted molar refractivity (Wildman–Crippen MR) is 115 cm³/mol. The Kier molecular flexibility index (Phi) is 5.18. The number of imidazole rings is 1. The maximum Gasteiger partial charge on any atom is 0.160 e. The molecule has 0 unspecified atom stereocenters. The van der Waals surface area contributed by atoms with Crippen molar-refractivity contribution in [1.29, 1.82) is 5.26 Å². The fourth-order valence-corrected chi connectivity index (χ4v) is 3.78. The quantitative estimate of drug-likeness (QED) is 0.465. The Morgan fingerprint density at radius 1 is 1.03 bits per heavy atom. The molecule has 3 aromatic heterocycles. The lowest BCUT2D eigenvalue weighted by atomic mass is 10.2. The van der Waals surface area contributed by atoms with Gasteiger partial charge in [-0.2, -0.15) is 5.26 Å². The van der Waals surface area contributed by atoms with Crippen LogP contribution in [0.15, 0.2) is 48.7 Å². The summed E-state index contributed by atoms with van der Waals surface area (Å²) in [5.74, 6) is 1.10. The van der Waals surface area contributed by atoms with Crippen LogP contribution in [0.1, 0.15) is 48.1 Å². The number of fused-ring (bicyclic) bond motifs is 1. The Hall–Kier alpha value is -3.39. The Labute approximate surface area is 171 Å². The zero-order chi connectivity index (χ0) is 20.4. The summed E-state index contributed by atoms with van der Waals surface area (Å²) in [6, 6.07) is 16.5. The van der Waals surface area contributed by atoms with Crippen molar-refractivity contribution in [2.45, 2.75) is 46.6 Å². The number of aromatic nitrogens is 4. The molecule has 146 valence electrons. The van der Waals surface area contributed by atoms with Gasteiger partial charge in [0, 0.05) is 24.0 Å². The second-order valence-corrected chi connectivity index (χ2v) is 7.49. The van der Waals surface area contributed by atoms with E-state index in [1.807, 2.05) is 35.9 Å². The number of pyridine rings is 1. The largest absolute Gasteiger partial charge is 0.308 e. The highest BCUT2D eigenvalue weighted by Gasteiger charge is 2.14. The van der Waals surface area contributed by atoms with Crippen LogP contribution >= 0.6 is 0 Å². The molecule has 4 aromatic rings. The van der Waals surface area contributed by atoms with Crippen LogP contribution in [-0.2, 0) is 13.0 Å². The van der Waals surface area contributed by atoms with Gasteiger partial charge in [0.25, 0.3) is 0 Å². The van der Waals surface area contributed by atoms with Crippen molar-refractivity contribution in [2.24, 2.45) is 0 Å². The molecule has 0 N–H and O–H groups in total. The third-order valence-corrected chi connectivity index (χ3v) is 5.39. The van der Waals surface area contributed by atoms with Crippen LogP contribution in [0.5, 0.6) is 0 Å². The molecule has 0 aliphatic rings. The molecule has 0 radical (unpaired) electrons. The first-order valence-electron chi connectivity index (χ1n) is 10.1. The minimum absolute atomic E-state index is 0.650. The maximum atomic E-state index is 9.36. The standard InChI is InChI=1S/C24H25N5/c1-4-5-6-22-27-23-17(2)13-14-26-24(23)28(22)16-19-8-11-20(12-9-19)29-18(3)7-10-21(29)15-25/h7-14H,4-6,16H2,1-3H3. The zero-order valence-corrected chi connectivity index (χ0v) is 17.2. The van der Waals surface area contributed by atoms with Crippen molar-refractivity contribution in [3.8, 4) is 11.8 Å². The zero-order valence-electron chi connectivity index (χ0n) is 17.2. The average molecular weight is 383 g/mol. The number of nitrogens with zero attached hydrogens (tertiary/aromatic N) is 5. The highest BCUT2D eigenvalue weighted by Crippen LogP contribution is 2.22. The van der Waals surface area contributed by atoms with Gasteiger partial charge in [-0.15, -0.1) is 0 Å². The average Bonchev–Trinajstić information content (AvgIpc) is 3.28. The van der Waals surface area contributed by atoms with E-state index < -0.39 is 0 Å². The van der Waals surface area contributed by atoms with Crippen LogP contribution in [0.2, 0.25) is 0 Å². The summed E-state index contributed by atoms with van der Waals surface area (Å²) in [6.07, 6.45) is 5.08. The SMILES string of the molecule is CCCCc1nc2c(C)ccnc2n1Cc1ccc(-n2c(C)ccc2C#N)cc1. The van der Waals surface area contributed by atoms with E-state index in [0.717, 1.165) is 59.7 Å². The summed E-state index contributed by atoms with van der Waals surface area (Å²) in [6.45, 7) is 7.04. The van der Waals surface area contributed by atoms with Crippen LogP contribution in [0.25, 0.3) is 16.9 Å². The molecular formula is C24H25N5. The normalized spacial score (nSPS) is 11.1. The fourth-order valence-electron chi connectivity index (χ4n) is 3.78. The van der Waals surface area contributed by atoms with Crippen LogP contribution in [0.3, 0.4) is 0 Å². The number of nitriles is 1. The number of unbranched alkanes of at least 4 members (excludes halogenated alkanes) is 1. The molecule has 0 bridgehead atoms. The number of aryl methyl sites for hydroxylation is 3. The van der Waals surface area contributed by atoms with Gasteiger partial charge >= 0.3 is 0 Å². The number of hydrogen-bond donors (Lipinski definition) is 0. The van der Waals surface area contributed by atoms with Gasteiger partial charge in [0.05, 0.1) is 6.54 Å². The van der Waals surface area contributed by atoms with E-state index in [-0.39, 0.29) is 0 Å².